The lowest BCUT2D eigenvalue weighted by atomic mass is 9.95. The molecule has 0 bridgehead atoms. The van der Waals surface area contributed by atoms with Crippen molar-refractivity contribution in [3.63, 3.8) is 0 Å². The Bertz CT molecular complexity index is 1100. The van der Waals surface area contributed by atoms with Gasteiger partial charge in [0.25, 0.3) is 5.91 Å². The van der Waals surface area contributed by atoms with Crippen LogP contribution in [0.1, 0.15) is 39.2 Å². The first-order chi connectivity index (χ1) is 17.1. The summed E-state index contributed by atoms with van der Waals surface area (Å²) in [7, 11) is -1.50. The van der Waals surface area contributed by atoms with Crippen LogP contribution in [-0.4, -0.2) is 76.0 Å². The van der Waals surface area contributed by atoms with Crippen molar-refractivity contribution >= 4 is 27.8 Å². The van der Waals surface area contributed by atoms with Crippen LogP contribution < -0.4 is 15.4 Å². The van der Waals surface area contributed by atoms with Gasteiger partial charge in [-0.2, -0.15) is 13.2 Å². The van der Waals surface area contributed by atoms with Crippen molar-refractivity contribution in [3.8, 4) is 0 Å². The largest absolute Gasteiger partial charge is 0.467 e. The number of carbonyl (C=O) groups is 3. The molecule has 0 radical (unpaired) electrons. The van der Waals surface area contributed by atoms with E-state index in [0.29, 0.717) is 6.07 Å². The van der Waals surface area contributed by atoms with Crippen LogP contribution in [0.25, 0.3) is 0 Å². The number of hydrogen-bond acceptors (Lipinski definition) is 6. The van der Waals surface area contributed by atoms with Crippen LogP contribution in [0.4, 0.5) is 13.2 Å². The summed E-state index contributed by atoms with van der Waals surface area (Å²) in [5, 5.41) is 4.26. The lowest BCUT2D eigenvalue weighted by molar-refractivity contribution is -0.647. The molecule has 14 heteroatoms. The Labute approximate surface area is 214 Å². The minimum Gasteiger partial charge on any atom is -0.467 e. The second-order valence-electron chi connectivity index (χ2n) is 9.29. The van der Waals surface area contributed by atoms with E-state index >= 15 is 0 Å². The third-order valence-electron chi connectivity index (χ3n) is 6.29. The Balaban J connectivity index is 2.31. The molecule has 37 heavy (non-hydrogen) atoms. The van der Waals surface area contributed by atoms with Crippen molar-refractivity contribution in [2.75, 3.05) is 20.7 Å². The summed E-state index contributed by atoms with van der Waals surface area (Å²) in [6.45, 7) is 5.08. The number of quaternary nitrogens is 1. The summed E-state index contributed by atoms with van der Waals surface area (Å²) in [4.78, 5) is 39.2. The molecule has 208 valence electrons. The second kappa shape index (κ2) is 12.2. The Morgan fingerprint density at radius 1 is 1.19 bits per heavy atom. The molecule has 0 aliphatic carbocycles. The molecule has 0 unspecified atom stereocenters. The van der Waals surface area contributed by atoms with Crippen molar-refractivity contribution in [3.05, 3.63) is 29.8 Å². The van der Waals surface area contributed by atoms with E-state index in [4.69, 9.17) is 4.74 Å². The summed E-state index contributed by atoms with van der Waals surface area (Å²) < 4.78 is 72.2. The fraction of sp³-hybridized carbons (Fsp3) is 0.609. The third kappa shape index (κ3) is 7.65. The maximum absolute atomic E-state index is 13.3. The van der Waals surface area contributed by atoms with Gasteiger partial charge >= 0.3 is 12.1 Å². The van der Waals surface area contributed by atoms with Gasteiger partial charge in [-0.3, -0.25) is 9.59 Å². The summed E-state index contributed by atoms with van der Waals surface area (Å²) >= 11 is 0. The van der Waals surface area contributed by atoms with Crippen molar-refractivity contribution in [1.82, 2.24) is 14.9 Å². The molecule has 0 aromatic heterocycles. The van der Waals surface area contributed by atoms with Crippen LogP contribution in [-0.2, 0) is 35.3 Å². The molecule has 1 aromatic carbocycles. The summed E-state index contributed by atoms with van der Waals surface area (Å²) in [6.07, 6.45) is -4.73. The topological polar surface area (TPSA) is 138 Å². The minimum absolute atomic E-state index is 0.0233. The van der Waals surface area contributed by atoms with E-state index in [1.54, 1.807) is 33.1 Å². The van der Waals surface area contributed by atoms with Gasteiger partial charge in [0, 0.05) is 12.6 Å². The molecule has 2 amide bonds. The Morgan fingerprint density at radius 3 is 2.38 bits per heavy atom. The Hall–Kier alpha value is -2.71. The quantitative estimate of drug-likeness (QED) is 0.376. The number of esters is 1. The standard InChI is InChI=1S/C23H33F3N4O6S/c1-13(2)19(22(33)36-5)28-20(31)18-12-16(9-10-30(18)21(32)14(3)27-4)29-37(34,35)17-8-6-7-15(11-17)23(24,25)26/h6-8,11,13-14,16,18-19,27,29H,9-10,12H2,1-5H3,(H,28,31)/p+1/t14-,16-,18-,19+/m0/s1. The van der Waals surface area contributed by atoms with Crippen LogP contribution in [0.15, 0.2) is 29.2 Å². The average Bonchev–Trinajstić information content (AvgIpc) is 2.84. The zero-order valence-corrected chi connectivity index (χ0v) is 22.2. The highest BCUT2D eigenvalue weighted by Gasteiger charge is 2.41. The molecule has 1 aliphatic heterocycles. The maximum Gasteiger partial charge on any atom is 0.416 e. The predicted molar refractivity (Wildman–Crippen MR) is 126 cm³/mol. The molecule has 1 aliphatic rings. The molecular weight excluding hydrogens is 517 g/mol. The highest BCUT2D eigenvalue weighted by Crippen LogP contribution is 2.31. The Morgan fingerprint density at radius 2 is 1.84 bits per heavy atom. The van der Waals surface area contributed by atoms with E-state index in [9.17, 15) is 36.0 Å². The van der Waals surface area contributed by atoms with Gasteiger partial charge in [-0.05, 0) is 43.9 Å². The van der Waals surface area contributed by atoms with Gasteiger partial charge in [-0.1, -0.05) is 19.9 Å². The zero-order chi connectivity index (χ0) is 28.1. The van der Waals surface area contributed by atoms with E-state index in [1.165, 1.54) is 12.0 Å². The first kappa shape index (κ1) is 30.5. The summed E-state index contributed by atoms with van der Waals surface area (Å²) in [5.41, 5.74) is -1.11. The van der Waals surface area contributed by atoms with Gasteiger partial charge in [-0.15, -0.1) is 0 Å². The molecule has 1 fully saturated rings. The molecule has 4 atom stereocenters. The van der Waals surface area contributed by atoms with Crippen LogP contribution in [0, 0.1) is 5.92 Å². The number of nitrogens with two attached hydrogens (primary N) is 1. The number of sulfonamides is 1. The molecule has 1 heterocycles. The number of piperidine rings is 1. The fourth-order valence-corrected chi connectivity index (χ4v) is 5.32. The van der Waals surface area contributed by atoms with E-state index < -0.39 is 62.7 Å². The minimum atomic E-state index is -4.72. The number of methoxy groups -OCH3 is 1. The fourth-order valence-electron chi connectivity index (χ4n) is 3.99. The average molecular weight is 552 g/mol. The number of likely N-dealkylation sites (tertiary alicyclic amines) is 1. The first-order valence-corrected chi connectivity index (χ1v) is 13.3. The van der Waals surface area contributed by atoms with E-state index in [0.717, 1.165) is 18.2 Å². The Kier molecular flexibility index (Phi) is 10.1. The predicted octanol–water partition coefficient (Wildman–Crippen LogP) is 0.239. The van der Waals surface area contributed by atoms with Gasteiger partial charge in [0.2, 0.25) is 15.9 Å². The third-order valence-corrected chi connectivity index (χ3v) is 7.81. The summed E-state index contributed by atoms with van der Waals surface area (Å²) in [5.74, 6) is -2.01. The molecule has 2 rings (SSSR count). The van der Waals surface area contributed by atoms with Crippen molar-refractivity contribution in [1.29, 1.82) is 0 Å². The number of rotatable bonds is 9. The molecule has 10 nitrogen and oxygen atoms in total. The van der Waals surface area contributed by atoms with Gasteiger partial charge < -0.3 is 20.3 Å². The number of alkyl halides is 3. The van der Waals surface area contributed by atoms with Gasteiger partial charge in [0.05, 0.1) is 24.6 Å². The lowest BCUT2D eigenvalue weighted by Gasteiger charge is -2.39. The molecule has 0 saturated carbocycles. The van der Waals surface area contributed by atoms with Crippen LogP contribution in [0.2, 0.25) is 0 Å². The van der Waals surface area contributed by atoms with Gasteiger partial charge in [-0.25, -0.2) is 17.9 Å². The van der Waals surface area contributed by atoms with Crippen LogP contribution in [0.5, 0.6) is 0 Å². The maximum atomic E-state index is 13.3. The number of nitrogens with one attached hydrogen (secondary N) is 2. The molecular formula is C23H34F3N4O6S+. The molecule has 1 aromatic rings. The zero-order valence-electron chi connectivity index (χ0n) is 21.3. The number of hydrogen-bond donors (Lipinski definition) is 3. The van der Waals surface area contributed by atoms with Crippen molar-refractivity contribution in [2.24, 2.45) is 5.92 Å². The second-order valence-corrected chi connectivity index (χ2v) is 11.0. The smallest absolute Gasteiger partial charge is 0.416 e. The van der Waals surface area contributed by atoms with E-state index in [1.807, 2.05) is 0 Å². The normalized spacial score (nSPS) is 20.3. The first-order valence-electron chi connectivity index (χ1n) is 11.8. The number of ether oxygens (including phenoxy) is 1. The number of benzene rings is 1. The number of halogens is 3. The van der Waals surface area contributed by atoms with Crippen molar-refractivity contribution < 1.29 is 46.0 Å². The van der Waals surface area contributed by atoms with E-state index in [2.05, 4.69) is 10.0 Å². The van der Waals surface area contributed by atoms with Crippen LogP contribution in [0.3, 0.4) is 0 Å². The van der Waals surface area contributed by atoms with Gasteiger partial charge in [0.1, 0.15) is 12.1 Å². The number of likely N-dealkylation sites (N-methyl/N-ethyl adjacent to an activating group) is 1. The molecule has 1 saturated heterocycles. The highest BCUT2D eigenvalue weighted by molar-refractivity contribution is 7.89. The van der Waals surface area contributed by atoms with E-state index in [-0.39, 0.29) is 31.2 Å². The van der Waals surface area contributed by atoms with Crippen molar-refractivity contribution in [2.45, 2.75) is 68.9 Å². The highest BCUT2D eigenvalue weighted by atomic mass is 32.2. The monoisotopic (exact) mass is 551 g/mol. The number of carbonyl (C=O) groups excluding carboxylic acids is 3. The SMILES string of the molecule is C[NH2+][C@@H](C)C(=O)N1CC[C@H](NS(=O)(=O)c2cccc(C(F)(F)F)c2)C[C@H]1C(=O)N[C@@H](C(=O)OC)C(C)C. The number of amides is 2. The molecule has 4 N–H and O–H groups in total. The number of nitrogens with zero attached hydrogens (tertiary/aromatic N) is 1. The summed E-state index contributed by atoms with van der Waals surface area (Å²) in [6, 6.07) is -0.143. The van der Waals surface area contributed by atoms with Crippen LogP contribution >= 0.6 is 0 Å². The molecule has 0 spiro atoms. The van der Waals surface area contributed by atoms with Gasteiger partial charge in [0.15, 0.2) is 6.04 Å². The lowest BCUT2D eigenvalue weighted by Crippen LogP contribution is -2.88.